The Labute approximate surface area is 188 Å². The van der Waals surface area contributed by atoms with E-state index in [2.05, 4.69) is 29.9 Å². The molecule has 0 radical (unpaired) electrons. The predicted octanol–water partition coefficient (Wildman–Crippen LogP) is 7.06. The first-order chi connectivity index (χ1) is 15.5. The Hall–Kier alpha value is -2.86. The van der Waals surface area contributed by atoms with Gasteiger partial charge < -0.3 is 9.84 Å². The van der Waals surface area contributed by atoms with Crippen LogP contribution in [0.4, 0.5) is 8.78 Å². The van der Waals surface area contributed by atoms with Gasteiger partial charge in [0, 0.05) is 23.8 Å². The number of hydrogen-bond donors (Lipinski definition) is 1. The SMILES string of the molecule is CCCCCOC(C)CCCC=Cc1ncc2cc(-c3ccc(O)c(F)c3F)ccc2n1. The van der Waals surface area contributed by atoms with Crippen LogP contribution in [0.25, 0.3) is 28.1 Å². The van der Waals surface area contributed by atoms with Gasteiger partial charge in [0.05, 0.1) is 11.6 Å². The molecule has 1 atom stereocenters. The molecule has 4 nitrogen and oxygen atoms in total. The second kappa shape index (κ2) is 11.7. The van der Waals surface area contributed by atoms with E-state index < -0.39 is 17.4 Å². The summed E-state index contributed by atoms with van der Waals surface area (Å²) < 4.78 is 33.7. The Morgan fingerprint density at radius 3 is 2.75 bits per heavy atom. The molecule has 0 aliphatic rings. The van der Waals surface area contributed by atoms with Gasteiger partial charge in [-0.05, 0) is 68.5 Å². The maximum absolute atomic E-state index is 14.2. The summed E-state index contributed by atoms with van der Waals surface area (Å²) in [7, 11) is 0. The number of benzene rings is 2. The minimum atomic E-state index is -1.25. The highest BCUT2D eigenvalue weighted by Gasteiger charge is 2.14. The summed E-state index contributed by atoms with van der Waals surface area (Å²) in [6.45, 7) is 5.15. The first-order valence-corrected chi connectivity index (χ1v) is 11.2. The van der Waals surface area contributed by atoms with Gasteiger partial charge in [-0.25, -0.2) is 14.4 Å². The number of unbranched alkanes of at least 4 members (excludes halogenated alkanes) is 3. The van der Waals surface area contributed by atoms with Gasteiger partial charge in [0.2, 0.25) is 5.82 Å². The molecule has 6 heteroatoms. The summed E-state index contributed by atoms with van der Waals surface area (Å²) in [5.41, 5.74) is 1.29. The first-order valence-electron chi connectivity index (χ1n) is 11.2. The van der Waals surface area contributed by atoms with Crippen LogP contribution >= 0.6 is 0 Å². The average Bonchev–Trinajstić information content (AvgIpc) is 2.80. The molecule has 1 N–H and O–H groups in total. The van der Waals surface area contributed by atoms with Crippen LogP contribution in [0.3, 0.4) is 0 Å². The van der Waals surface area contributed by atoms with Crippen LogP contribution in [0.5, 0.6) is 5.75 Å². The largest absolute Gasteiger partial charge is 0.505 e. The lowest BCUT2D eigenvalue weighted by Gasteiger charge is -2.11. The highest BCUT2D eigenvalue weighted by atomic mass is 19.2. The molecule has 0 saturated carbocycles. The van der Waals surface area contributed by atoms with Crippen molar-refractivity contribution >= 4 is 17.0 Å². The quantitative estimate of drug-likeness (QED) is 0.324. The lowest BCUT2D eigenvalue weighted by molar-refractivity contribution is 0.0566. The number of fused-ring (bicyclic) bond motifs is 1. The summed E-state index contributed by atoms with van der Waals surface area (Å²) >= 11 is 0. The molecule has 0 saturated heterocycles. The third-order valence-electron chi connectivity index (χ3n) is 5.37. The van der Waals surface area contributed by atoms with Gasteiger partial charge in [0.25, 0.3) is 0 Å². The fourth-order valence-electron chi connectivity index (χ4n) is 3.49. The smallest absolute Gasteiger partial charge is 0.200 e. The van der Waals surface area contributed by atoms with Gasteiger partial charge in [-0.1, -0.05) is 31.9 Å². The second-order valence-corrected chi connectivity index (χ2v) is 7.98. The third kappa shape index (κ3) is 6.33. The number of allylic oxidation sites excluding steroid dienone is 1. The number of rotatable bonds is 11. The van der Waals surface area contributed by atoms with Gasteiger partial charge in [-0.3, -0.25) is 0 Å². The Kier molecular flexibility index (Phi) is 8.68. The predicted molar refractivity (Wildman–Crippen MR) is 124 cm³/mol. The van der Waals surface area contributed by atoms with E-state index >= 15 is 0 Å². The van der Waals surface area contributed by atoms with Crippen LogP contribution in [0.1, 0.15) is 58.2 Å². The first kappa shape index (κ1) is 23.8. The van der Waals surface area contributed by atoms with Gasteiger partial charge >= 0.3 is 0 Å². The van der Waals surface area contributed by atoms with Crippen molar-refractivity contribution in [3.05, 3.63) is 60.1 Å². The van der Waals surface area contributed by atoms with Crippen LogP contribution in [-0.4, -0.2) is 27.8 Å². The van der Waals surface area contributed by atoms with E-state index in [1.165, 1.54) is 18.9 Å². The van der Waals surface area contributed by atoms with Gasteiger partial charge in [0.15, 0.2) is 17.4 Å². The van der Waals surface area contributed by atoms with Gasteiger partial charge in [-0.2, -0.15) is 4.39 Å². The third-order valence-corrected chi connectivity index (χ3v) is 5.37. The van der Waals surface area contributed by atoms with E-state index in [0.29, 0.717) is 11.4 Å². The zero-order valence-electron chi connectivity index (χ0n) is 18.7. The molecular formula is C26H30F2N2O2. The Bertz CT molecular complexity index is 1070. The van der Waals surface area contributed by atoms with Crippen molar-refractivity contribution in [1.29, 1.82) is 0 Å². The molecule has 0 bridgehead atoms. The van der Waals surface area contributed by atoms with Gasteiger partial charge in [-0.15, -0.1) is 0 Å². The summed E-state index contributed by atoms with van der Waals surface area (Å²) in [5, 5.41) is 10.0. The molecule has 0 aliphatic carbocycles. The summed E-state index contributed by atoms with van der Waals surface area (Å²) in [4.78, 5) is 8.88. The molecule has 0 amide bonds. The minimum absolute atomic E-state index is 0.0785. The fourth-order valence-corrected chi connectivity index (χ4v) is 3.49. The van der Waals surface area contributed by atoms with E-state index in [0.717, 1.165) is 49.3 Å². The van der Waals surface area contributed by atoms with Crippen molar-refractivity contribution in [3.63, 3.8) is 0 Å². The van der Waals surface area contributed by atoms with Crippen molar-refractivity contribution in [2.45, 2.75) is 58.5 Å². The van der Waals surface area contributed by atoms with Crippen LogP contribution in [0.15, 0.2) is 42.6 Å². The van der Waals surface area contributed by atoms with Crippen LogP contribution in [0.2, 0.25) is 0 Å². The molecule has 32 heavy (non-hydrogen) atoms. The zero-order chi connectivity index (χ0) is 22.9. The summed E-state index contributed by atoms with van der Waals surface area (Å²) in [6, 6.07) is 7.64. The number of aromatic nitrogens is 2. The lowest BCUT2D eigenvalue weighted by atomic mass is 10.0. The molecule has 3 aromatic rings. The Balaban J connectivity index is 1.57. The number of phenolic OH excluding ortho intramolecular Hbond substituents is 1. The van der Waals surface area contributed by atoms with E-state index in [1.807, 2.05) is 6.08 Å². The average molecular weight is 441 g/mol. The Morgan fingerprint density at radius 1 is 1.09 bits per heavy atom. The maximum Gasteiger partial charge on any atom is 0.200 e. The van der Waals surface area contributed by atoms with E-state index in [9.17, 15) is 13.9 Å². The van der Waals surface area contributed by atoms with Crippen molar-refractivity contribution in [2.24, 2.45) is 0 Å². The normalized spacial score (nSPS) is 12.6. The molecule has 170 valence electrons. The van der Waals surface area contributed by atoms with Crippen LogP contribution in [0, 0.1) is 11.6 Å². The maximum atomic E-state index is 14.2. The summed E-state index contributed by atoms with van der Waals surface area (Å²) in [6.07, 6.45) is 12.4. The molecule has 0 aliphatic heterocycles. The van der Waals surface area contributed by atoms with Crippen LogP contribution < -0.4 is 0 Å². The molecule has 1 aromatic heterocycles. The fraction of sp³-hybridized carbons (Fsp3) is 0.385. The minimum Gasteiger partial charge on any atom is -0.505 e. The lowest BCUT2D eigenvalue weighted by Crippen LogP contribution is -2.08. The molecule has 3 rings (SSSR count). The highest BCUT2D eigenvalue weighted by Crippen LogP contribution is 2.30. The number of hydrogen-bond acceptors (Lipinski definition) is 4. The number of phenols is 1. The number of ether oxygens (including phenoxy) is 1. The molecule has 2 aromatic carbocycles. The van der Waals surface area contributed by atoms with Crippen molar-refractivity contribution in [1.82, 2.24) is 9.97 Å². The monoisotopic (exact) mass is 440 g/mol. The Morgan fingerprint density at radius 2 is 1.94 bits per heavy atom. The van der Waals surface area contributed by atoms with Crippen molar-refractivity contribution in [3.8, 4) is 16.9 Å². The van der Waals surface area contributed by atoms with E-state index in [4.69, 9.17) is 4.74 Å². The molecule has 1 heterocycles. The molecular weight excluding hydrogens is 410 g/mol. The molecule has 1 unspecified atom stereocenters. The standard InChI is InChI=1S/C26H30F2N2O2/c1-3-4-8-15-32-18(2)9-6-5-7-10-24-29-17-20-16-19(11-13-22(20)30-24)21-12-14-23(31)26(28)25(21)27/h7,10-14,16-18,31H,3-6,8-9,15H2,1-2H3. The number of nitrogens with zero attached hydrogens (tertiary/aromatic N) is 2. The topological polar surface area (TPSA) is 55.2 Å². The van der Waals surface area contributed by atoms with E-state index in [1.54, 1.807) is 24.4 Å². The van der Waals surface area contributed by atoms with Gasteiger partial charge in [0.1, 0.15) is 0 Å². The highest BCUT2D eigenvalue weighted by molar-refractivity contribution is 5.84. The zero-order valence-corrected chi connectivity index (χ0v) is 18.7. The van der Waals surface area contributed by atoms with Crippen molar-refractivity contribution in [2.75, 3.05) is 6.61 Å². The molecule has 0 spiro atoms. The van der Waals surface area contributed by atoms with Crippen molar-refractivity contribution < 1.29 is 18.6 Å². The number of halogens is 2. The second-order valence-electron chi connectivity index (χ2n) is 7.98. The molecule has 0 fully saturated rings. The van der Waals surface area contributed by atoms with E-state index in [-0.39, 0.29) is 11.7 Å². The number of aromatic hydroxyl groups is 1. The summed E-state index contributed by atoms with van der Waals surface area (Å²) in [5.74, 6) is -2.43. The van der Waals surface area contributed by atoms with Crippen LogP contribution in [-0.2, 0) is 4.74 Å².